The van der Waals surface area contributed by atoms with Gasteiger partial charge in [-0.25, -0.2) is 0 Å². The standard InChI is InChI=1S/C18H32O11/c1-9(17(2,3)24)4-5-26-15-13(22)12(21)11(20)10(29-15)6-27-16-14(23)18(25,7-19)8-28-16/h4,10-16,19-25H,5-8H2,1-3H3/b9-4+/t10-,11-,12+,13-,14+,15-,16+,18-/m1/s1. The third-order valence-corrected chi connectivity index (χ3v) is 5.29. The molecule has 11 nitrogen and oxygen atoms in total. The highest BCUT2D eigenvalue weighted by atomic mass is 16.7. The molecule has 0 aromatic rings. The summed E-state index contributed by atoms with van der Waals surface area (Å²) >= 11 is 0. The Morgan fingerprint density at radius 1 is 1.10 bits per heavy atom. The average Bonchev–Trinajstić information content (AvgIpc) is 2.95. The molecular formula is C18H32O11. The topological polar surface area (TPSA) is 179 Å². The van der Waals surface area contributed by atoms with E-state index in [1.165, 1.54) is 0 Å². The van der Waals surface area contributed by atoms with Crippen molar-refractivity contribution in [3.8, 4) is 0 Å². The normalized spacial score (nSPS) is 41.7. The lowest BCUT2D eigenvalue weighted by Gasteiger charge is -2.40. The van der Waals surface area contributed by atoms with Gasteiger partial charge in [-0.3, -0.25) is 0 Å². The van der Waals surface area contributed by atoms with Gasteiger partial charge in [0.05, 0.1) is 32.0 Å². The Labute approximate surface area is 168 Å². The number of aliphatic hydroxyl groups is 7. The van der Waals surface area contributed by atoms with E-state index in [1.807, 2.05) is 0 Å². The first kappa shape index (κ1) is 24.6. The second-order valence-corrected chi connectivity index (χ2v) is 8.01. The Bertz CT molecular complexity index is 563. The second kappa shape index (κ2) is 9.62. The summed E-state index contributed by atoms with van der Waals surface area (Å²) < 4.78 is 21.3. The van der Waals surface area contributed by atoms with Crippen LogP contribution in [0.4, 0.5) is 0 Å². The molecule has 2 rings (SSSR count). The lowest BCUT2D eigenvalue weighted by molar-refractivity contribution is -0.307. The first-order chi connectivity index (χ1) is 13.4. The molecule has 29 heavy (non-hydrogen) atoms. The van der Waals surface area contributed by atoms with E-state index in [9.17, 15) is 30.6 Å². The van der Waals surface area contributed by atoms with Crippen molar-refractivity contribution in [3.05, 3.63) is 11.6 Å². The van der Waals surface area contributed by atoms with Crippen LogP contribution < -0.4 is 0 Å². The highest BCUT2D eigenvalue weighted by Gasteiger charge is 2.50. The highest BCUT2D eigenvalue weighted by molar-refractivity contribution is 5.10. The van der Waals surface area contributed by atoms with Gasteiger partial charge >= 0.3 is 0 Å². The predicted octanol–water partition coefficient (Wildman–Crippen LogP) is -3.01. The molecule has 0 spiro atoms. The molecule has 2 saturated heterocycles. The van der Waals surface area contributed by atoms with E-state index in [1.54, 1.807) is 26.8 Å². The average molecular weight is 424 g/mol. The molecule has 0 aromatic carbocycles. The number of rotatable bonds is 8. The Hall–Kier alpha value is -0.700. The zero-order valence-electron chi connectivity index (χ0n) is 16.7. The van der Waals surface area contributed by atoms with Crippen molar-refractivity contribution in [2.75, 3.05) is 26.4 Å². The molecule has 0 aromatic heterocycles. The van der Waals surface area contributed by atoms with E-state index in [-0.39, 0.29) is 19.8 Å². The van der Waals surface area contributed by atoms with Crippen molar-refractivity contribution >= 4 is 0 Å². The van der Waals surface area contributed by atoms with Crippen LogP contribution in [0.15, 0.2) is 11.6 Å². The largest absolute Gasteiger partial charge is 0.393 e. The minimum Gasteiger partial charge on any atom is -0.393 e. The fraction of sp³-hybridized carbons (Fsp3) is 0.889. The minimum atomic E-state index is -1.86. The molecular weight excluding hydrogens is 392 g/mol. The Morgan fingerprint density at radius 3 is 2.31 bits per heavy atom. The Balaban J connectivity index is 1.93. The molecule has 0 amide bonds. The van der Waals surface area contributed by atoms with Crippen LogP contribution in [0.5, 0.6) is 0 Å². The van der Waals surface area contributed by atoms with Gasteiger partial charge in [-0.1, -0.05) is 6.08 Å². The number of hydrogen-bond donors (Lipinski definition) is 7. The van der Waals surface area contributed by atoms with E-state index < -0.39 is 60.9 Å². The van der Waals surface area contributed by atoms with Crippen LogP contribution in [-0.4, -0.2) is 116 Å². The van der Waals surface area contributed by atoms with Crippen molar-refractivity contribution in [2.24, 2.45) is 0 Å². The highest BCUT2D eigenvalue weighted by Crippen LogP contribution is 2.27. The van der Waals surface area contributed by atoms with Gasteiger partial charge in [-0.05, 0) is 26.3 Å². The summed E-state index contributed by atoms with van der Waals surface area (Å²) in [5, 5.41) is 69.2. The zero-order valence-corrected chi connectivity index (χ0v) is 16.7. The van der Waals surface area contributed by atoms with Gasteiger partial charge in [-0.2, -0.15) is 0 Å². The SMILES string of the molecule is C/C(=C\CO[C@@H]1O[C@H](CO[C@H]2OC[C@](O)(CO)[C@H]2O)[C@@H](O)[C@H](O)[C@H]1O)C(C)(C)O. The molecule has 2 aliphatic rings. The molecule has 0 radical (unpaired) electrons. The molecule has 0 unspecified atom stereocenters. The monoisotopic (exact) mass is 424 g/mol. The summed E-state index contributed by atoms with van der Waals surface area (Å²) in [7, 11) is 0. The van der Waals surface area contributed by atoms with Gasteiger partial charge in [0.1, 0.15) is 36.1 Å². The maximum absolute atomic E-state index is 10.1. The molecule has 0 aliphatic carbocycles. The van der Waals surface area contributed by atoms with Gasteiger partial charge in [0.15, 0.2) is 12.6 Å². The van der Waals surface area contributed by atoms with Crippen LogP contribution in [0.2, 0.25) is 0 Å². The lowest BCUT2D eigenvalue weighted by atomic mass is 9.99. The van der Waals surface area contributed by atoms with E-state index in [0.717, 1.165) is 0 Å². The van der Waals surface area contributed by atoms with Gasteiger partial charge in [0.2, 0.25) is 0 Å². The maximum Gasteiger partial charge on any atom is 0.187 e. The maximum atomic E-state index is 10.1. The number of aliphatic hydroxyl groups excluding tert-OH is 5. The smallest absolute Gasteiger partial charge is 0.187 e. The molecule has 8 atom stereocenters. The third kappa shape index (κ3) is 5.71. The van der Waals surface area contributed by atoms with Crippen LogP contribution in [0.1, 0.15) is 20.8 Å². The van der Waals surface area contributed by atoms with Crippen molar-refractivity contribution < 1.29 is 54.7 Å². The minimum absolute atomic E-state index is 0.0259. The van der Waals surface area contributed by atoms with E-state index in [2.05, 4.69) is 0 Å². The van der Waals surface area contributed by atoms with Crippen LogP contribution in [0, 0.1) is 0 Å². The first-order valence-electron chi connectivity index (χ1n) is 9.36. The zero-order chi connectivity index (χ0) is 22.0. The Kier molecular flexibility index (Phi) is 8.15. The van der Waals surface area contributed by atoms with Crippen molar-refractivity contribution in [3.63, 3.8) is 0 Å². The van der Waals surface area contributed by atoms with E-state index in [0.29, 0.717) is 5.57 Å². The summed E-state index contributed by atoms with van der Waals surface area (Å²) in [6, 6.07) is 0. The van der Waals surface area contributed by atoms with Gasteiger partial charge in [-0.15, -0.1) is 0 Å². The number of ether oxygens (including phenoxy) is 4. The Morgan fingerprint density at radius 2 is 1.76 bits per heavy atom. The van der Waals surface area contributed by atoms with E-state index >= 15 is 0 Å². The fourth-order valence-corrected chi connectivity index (χ4v) is 2.83. The summed E-state index contributed by atoms with van der Waals surface area (Å²) in [5.74, 6) is 0. The van der Waals surface area contributed by atoms with Crippen LogP contribution in [-0.2, 0) is 18.9 Å². The van der Waals surface area contributed by atoms with Crippen molar-refractivity contribution in [2.45, 2.75) is 75.1 Å². The first-order valence-corrected chi connectivity index (χ1v) is 9.36. The predicted molar refractivity (Wildman–Crippen MR) is 96.4 cm³/mol. The van der Waals surface area contributed by atoms with Gasteiger partial charge in [0.25, 0.3) is 0 Å². The summed E-state index contributed by atoms with van der Waals surface area (Å²) in [4.78, 5) is 0. The summed E-state index contributed by atoms with van der Waals surface area (Å²) in [6.07, 6.45) is -8.22. The van der Waals surface area contributed by atoms with E-state index in [4.69, 9.17) is 24.1 Å². The molecule has 170 valence electrons. The number of hydrogen-bond acceptors (Lipinski definition) is 11. The van der Waals surface area contributed by atoms with Crippen molar-refractivity contribution in [1.29, 1.82) is 0 Å². The lowest BCUT2D eigenvalue weighted by Crippen LogP contribution is -2.59. The fourth-order valence-electron chi connectivity index (χ4n) is 2.83. The third-order valence-electron chi connectivity index (χ3n) is 5.29. The molecule has 0 bridgehead atoms. The van der Waals surface area contributed by atoms with Gasteiger partial charge in [0, 0.05) is 0 Å². The molecule has 11 heteroatoms. The molecule has 2 aliphatic heterocycles. The van der Waals surface area contributed by atoms with Gasteiger partial charge < -0.3 is 54.7 Å². The summed E-state index contributed by atoms with van der Waals surface area (Å²) in [6.45, 7) is 3.47. The second-order valence-electron chi connectivity index (χ2n) is 8.01. The quantitative estimate of drug-likeness (QED) is 0.197. The molecule has 2 fully saturated rings. The van der Waals surface area contributed by atoms with Crippen LogP contribution in [0.25, 0.3) is 0 Å². The summed E-state index contributed by atoms with van der Waals surface area (Å²) in [5.41, 5.74) is -2.27. The molecule has 2 heterocycles. The molecule has 0 saturated carbocycles. The van der Waals surface area contributed by atoms with Crippen LogP contribution >= 0.6 is 0 Å². The molecule has 7 N–H and O–H groups in total. The van der Waals surface area contributed by atoms with Crippen LogP contribution in [0.3, 0.4) is 0 Å². The van der Waals surface area contributed by atoms with Crippen molar-refractivity contribution in [1.82, 2.24) is 0 Å².